The van der Waals surface area contributed by atoms with Crippen LogP contribution in [-0.2, 0) is 6.54 Å². The van der Waals surface area contributed by atoms with Crippen LogP contribution in [0.1, 0.15) is 16.1 Å². The number of rotatable bonds is 6. The largest absolute Gasteiger partial charge is 0.507 e. The molecule has 132 valence electrons. The van der Waals surface area contributed by atoms with E-state index in [0.29, 0.717) is 29.3 Å². The van der Waals surface area contributed by atoms with Crippen molar-refractivity contribution in [3.63, 3.8) is 0 Å². The SMILES string of the molecule is O=C(O)c1cc(-c2ccc(CNc3ccc([N+](=O)[O-])cc3)o2)ccc1O. The van der Waals surface area contributed by atoms with E-state index in [1.807, 2.05) is 0 Å². The standard InChI is InChI=1S/C18H14N2O6/c21-16-7-1-11(9-15(16)18(22)23)17-8-6-14(26-17)10-19-12-2-4-13(5-3-12)20(24)25/h1-9,19,21H,10H2,(H,22,23). The Labute approximate surface area is 147 Å². The Morgan fingerprint density at radius 1 is 1.12 bits per heavy atom. The number of carboxylic acid groups (broad SMARTS) is 1. The van der Waals surface area contributed by atoms with E-state index in [2.05, 4.69) is 5.32 Å². The Morgan fingerprint density at radius 3 is 2.50 bits per heavy atom. The van der Waals surface area contributed by atoms with Crippen molar-refractivity contribution in [1.29, 1.82) is 0 Å². The minimum atomic E-state index is -1.23. The fourth-order valence-electron chi connectivity index (χ4n) is 2.38. The van der Waals surface area contributed by atoms with Gasteiger partial charge in [-0.25, -0.2) is 4.79 Å². The lowest BCUT2D eigenvalue weighted by Gasteiger charge is -2.04. The van der Waals surface area contributed by atoms with Gasteiger partial charge in [-0.1, -0.05) is 0 Å². The monoisotopic (exact) mass is 354 g/mol. The summed E-state index contributed by atoms with van der Waals surface area (Å²) in [7, 11) is 0. The molecule has 0 bridgehead atoms. The van der Waals surface area contributed by atoms with Crippen molar-refractivity contribution in [3.05, 3.63) is 76.0 Å². The molecule has 26 heavy (non-hydrogen) atoms. The number of nitro groups is 1. The Balaban J connectivity index is 1.71. The second-order valence-corrected chi connectivity index (χ2v) is 5.46. The number of nitrogens with zero attached hydrogens (tertiary/aromatic N) is 1. The van der Waals surface area contributed by atoms with Gasteiger partial charge in [0, 0.05) is 23.4 Å². The molecule has 2 aromatic carbocycles. The molecule has 0 aliphatic carbocycles. The topological polar surface area (TPSA) is 126 Å². The first-order valence-electron chi connectivity index (χ1n) is 7.58. The summed E-state index contributed by atoms with van der Waals surface area (Å²) >= 11 is 0. The Hall–Kier alpha value is -3.81. The predicted octanol–water partition coefficient (Wildman–Crippen LogP) is 3.87. The van der Waals surface area contributed by atoms with E-state index in [1.54, 1.807) is 30.3 Å². The average Bonchev–Trinajstić information content (AvgIpc) is 3.09. The van der Waals surface area contributed by atoms with Gasteiger partial charge in [0.1, 0.15) is 22.8 Å². The number of phenols is 1. The van der Waals surface area contributed by atoms with Crippen LogP contribution in [0.3, 0.4) is 0 Å². The molecule has 0 aliphatic heterocycles. The maximum absolute atomic E-state index is 11.1. The summed E-state index contributed by atoms with van der Waals surface area (Å²) in [6, 6.07) is 13.6. The zero-order chi connectivity index (χ0) is 18.7. The zero-order valence-electron chi connectivity index (χ0n) is 13.4. The van der Waals surface area contributed by atoms with Gasteiger partial charge in [0.15, 0.2) is 0 Å². The predicted molar refractivity (Wildman–Crippen MR) is 93.2 cm³/mol. The second-order valence-electron chi connectivity index (χ2n) is 5.46. The van der Waals surface area contributed by atoms with Crippen molar-refractivity contribution in [2.24, 2.45) is 0 Å². The van der Waals surface area contributed by atoms with Crippen molar-refractivity contribution in [1.82, 2.24) is 0 Å². The van der Waals surface area contributed by atoms with Gasteiger partial charge in [-0.15, -0.1) is 0 Å². The van der Waals surface area contributed by atoms with Crippen LogP contribution in [0.5, 0.6) is 5.75 Å². The van der Waals surface area contributed by atoms with Gasteiger partial charge in [-0.2, -0.15) is 0 Å². The van der Waals surface area contributed by atoms with Crippen molar-refractivity contribution < 1.29 is 24.3 Å². The van der Waals surface area contributed by atoms with E-state index in [0.717, 1.165) is 0 Å². The van der Waals surface area contributed by atoms with Crippen LogP contribution in [0.2, 0.25) is 0 Å². The first-order valence-corrected chi connectivity index (χ1v) is 7.58. The third-order valence-electron chi connectivity index (χ3n) is 3.72. The van der Waals surface area contributed by atoms with Gasteiger partial charge in [0.2, 0.25) is 0 Å². The molecule has 0 atom stereocenters. The first-order chi connectivity index (χ1) is 12.4. The molecule has 0 aliphatic rings. The third kappa shape index (κ3) is 3.64. The molecule has 0 unspecified atom stereocenters. The highest BCUT2D eigenvalue weighted by molar-refractivity contribution is 5.92. The molecule has 8 heteroatoms. The fourth-order valence-corrected chi connectivity index (χ4v) is 2.38. The molecule has 0 spiro atoms. The van der Waals surface area contributed by atoms with Gasteiger partial charge < -0.3 is 19.9 Å². The fraction of sp³-hybridized carbons (Fsp3) is 0.0556. The molecule has 1 aromatic heterocycles. The third-order valence-corrected chi connectivity index (χ3v) is 3.72. The maximum Gasteiger partial charge on any atom is 0.339 e. The van der Waals surface area contributed by atoms with Crippen LogP contribution in [0.4, 0.5) is 11.4 Å². The molecule has 0 amide bonds. The molecule has 3 aromatic rings. The van der Waals surface area contributed by atoms with Gasteiger partial charge in [-0.05, 0) is 42.5 Å². The van der Waals surface area contributed by atoms with Gasteiger partial charge >= 0.3 is 5.97 Å². The van der Waals surface area contributed by atoms with Crippen molar-refractivity contribution in [2.75, 3.05) is 5.32 Å². The quantitative estimate of drug-likeness (QED) is 0.453. The molecule has 3 rings (SSSR count). The van der Waals surface area contributed by atoms with E-state index < -0.39 is 10.9 Å². The van der Waals surface area contributed by atoms with Crippen LogP contribution in [0.25, 0.3) is 11.3 Å². The Kier molecular flexibility index (Phi) is 4.57. The van der Waals surface area contributed by atoms with E-state index >= 15 is 0 Å². The number of benzene rings is 2. The molecular weight excluding hydrogens is 340 g/mol. The normalized spacial score (nSPS) is 10.5. The minimum absolute atomic E-state index is 0.0115. The number of aromatic hydroxyl groups is 1. The van der Waals surface area contributed by atoms with Crippen molar-refractivity contribution in [2.45, 2.75) is 6.54 Å². The molecule has 3 N–H and O–H groups in total. The lowest BCUT2D eigenvalue weighted by atomic mass is 10.1. The van der Waals surface area contributed by atoms with Crippen LogP contribution < -0.4 is 5.32 Å². The highest BCUT2D eigenvalue weighted by Gasteiger charge is 2.13. The van der Waals surface area contributed by atoms with E-state index in [-0.39, 0.29) is 17.0 Å². The number of non-ortho nitro benzene ring substituents is 1. The van der Waals surface area contributed by atoms with Crippen LogP contribution in [-0.4, -0.2) is 21.1 Å². The number of anilines is 1. The summed E-state index contributed by atoms with van der Waals surface area (Å²) in [5.41, 5.74) is 1.04. The first kappa shape index (κ1) is 17.0. The number of nitro benzene ring substituents is 1. The highest BCUT2D eigenvalue weighted by atomic mass is 16.6. The number of carbonyl (C=O) groups is 1. The number of nitrogens with one attached hydrogen (secondary N) is 1. The summed E-state index contributed by atoms with van der Waals surface area (Å²) in [5, 5.41) is 32.3. The number of carboxylic acids is 1. The van der Waals surface area contributed by atoms with Crippen LogP contribution in [0.15, 0.2) is 59.0 Å². The molecule has 0 radical (unpaired) electrons. The molecule has 1 heterocycles. The molecule has 0 fully saturated rings. The van der Waals surface area contributed by atoms with E-state index in [1.165, 1.54) is 24.3 Å². The minimum Gasteiger partial charge on any atom is -0.507 e. The van der Waals surface area contributed by atoms with Crippen molar-refractivity contribution in [3.8, 4) is 17.1 Å². The maximum atomic E-state index is 11.1. The number of aromatic carboxylic acids is 1. The summed E-state index contributed by atoms with van der Waals surface area (Å²) in [6.45, 7) is 0.349. The Morgan fingerprint density at radius 2 is 1.85 bits per heavy atom. The number of hydrogen-bond donors (Lipinski definition) is 3. The van der Waals surface area contributed by atoms with E-state index in [9.17, 15) is 20.0 Å². The molecule has 0 saturated carbocycles. The molecule has 0 saturated heterocycles. The van der Waals surface area contributed by atoms with Crippen LogP contribution in [0, 0.1) is 10.1 Å². The summed E-state index contributed by atoms with van der Waals surface area (Å²) in [6.07, 6.45) is 0. The number of furan rings is 1. The van der Waals surface area contributed by atoms with Crippen LogP contribution >= 0.6 is 0 Å². The average molecular weight is 354 g/mol. The summed E-state index contributed by atoms with van der Waals surface area (Å²) in [4.78, 5) is 21.3. The van der Waals surface area contributed by atoms with Gasteiger partial charge in [0.25, 0.3) is 5.69 Å². The molecule has 8 nitrogen and oxygen atoms in total. The molecular formula is C18H14N2O6. The lowest BCUT2D eigenvalue weighted by molar-refractivity contribution is -0.384. The summed E-state index contributed by atoms with van der Waals surface area (Å²) in [5.74, 6) is -0.472. The summed E-state index contributed by atoms with van der Waals surface area (Å²) < 4.78 is 5.68. The number of hydrogen-bond acceptors (Lipinski definition) is 6. The second kappa shape index (κ2) is 6.98. The van der Waals surface area contributed by atoms with Crippen molar-refractivity contribution >= 4 is 17.3 Å². The zero-order valence-corrected chi connectivity index (χ0v) is 13.4. The van der Waals surface area contributed by atoms with E-state index in [4.69, 9.17) is 9.52 Å². The smallest absolute Gasteiger partial charge is 0.339 e. The lowest BCUT2D eigenvalue weighted by Crippen LogP contribution is -1.98. The van der Waals surface area contributed by atoms with Gasteiger partial charge in [0.05, 0.1) is 11.5 Å². The van der Waals surface area contributed by atoms with Gasteiger partial charge in [-0.3, -0.25) is 10.1 Å². The highest BCUT2D eigenvalue weighted by Crippen LogP contribution is 2.28. The Bertz CT molecular complexity index is 962.